The molecule has 0 saturated carbocycles. The van der Waals surface area contributed by atoms with Crippen LogP contribution in [0.1, 0.15) is 27.3 Å². The van der Waals surface area contributed by atoms with Crippen LogP contribution in [0.2, 0.25) is 0 Å². The number of carbonyl (C=O) groups is 1. The van der Waals surface area contributed by atoms with Gasteiger partial charge in [-0.1, -0.05) is 28.1 Å². The van der Waals surface area contributed by atoms with E-state index in [0.29, 0.717) is 6.54 Å². The van der Waals surface area contributed by atoms with Crippen LogP contribution in [0.15, 0.2) is 40.9 Å². The molecule has 1 amide bonds. The first-order valence-electron chi connectivity index (χ1n) is 6.42. The van der Waals surface area contributed by atoms with E-state index in [1.165, 1.54) is 0 Å². The smallest absolute Gasteiger partial charge is 0.254 e. The fourth-order valence-corrected chi connectivity index (χ4v) is 2.41. The Bertz CT molecular complexity index is 640. The van der Waals surface area contributed by atoms with Gasteiger partial charge in [0.25, 0.3) is 5.91 Å². The first-order chi connectivity index (χ1) is 9.49. The number of hydrogen-bond acceptors (Lipinski definition) is 2. The van der Waals surface area contributed by atoms with Gasteiger partial charge >= 0.3 is 0 Å². The molecule has 2 rings (SSSR count). The molecular formula is C16H17BrN2O. The third-order valence-corrected chi connectivity index (χ3v) is 4.05. The molecule has 0 aliphatic rings. The van der Waals surface area contributed by atoms with Gasteiger partial charge in [0, 0.05) is 22.8 Å². The lowest BCUT2D eigenvalue weighted by Gasteiger charge is -2.18. The highest BCUT2D eigenvalue weighted by atomic mass is 79.9. The summed E-state index contributed by atoms with van der Waals surface area (Å²) in [5, 5.41) is 0. The second-order valence-corrected chi connectivity index (χ2v) is 5.70. The van der Waals surface area contributed by atoms with E-state index in [1.54, 1.807) is 11.9 Å². The van der Waals surface area contributed by atoms with Crippen LogP contribution in [-0.2, 0) is 6.54 Å². The van der Waals surface area contributed by atoms with Gasteiger partial charge in [-0.05, 0) is 43.7 Å². The molecule has 0 atom stereocenters. The van der Waals surface area contributed by atoms with Gasteiger partial charge in [-0.2, -0.15) is 0 Å². The number of benzene rings is 1. The molecule has 0 saturated heterocycles. The Balaban J connectivity index is 2.19. The molecule has 0 aliphatic carbocycles. The molecule has 0 aliphatic heterocycles. The molecule has 0 radical (unpaired) electrons. The molecule has 1 heterocycles. The Kier molecular flexibility index (Phi) is 4.55. The summed E-state index contributed by atoms with van der Waals surface area (Å²) in [5.41, 5.74) is 3.53. The predicted molar refractivity (Wildman–Crippen MR) is 83.7 cm³/mol. The average molecular weight is 333 g/mol. The minimum absolute atomic E-state index is 0.00658. The van der Waals surface area contributed by atoms with Crippen molar-refractivity contribution in [3.8, 4) is 0 Å². The SMILES string of the molecule is Cc1cccc(CN(C)C(=O)c2cccc(Br)c2C)n1. The van der Waals surface area contributed by atoms with Crippen LogP contribution in [0.5, 0.6) is 0 Å². The molecule has 2 aromatic rings. The van der Waals surface area contributed by atoms with Crippen molar-refractivity contribution >= 4 is 21.8 Å². The number of pyridine rings is 1. The van der Waals surface area contributed by atoms with Crippen molar-refractivity contribution in [2.45, 2.75) is 20.4 Å². The molecule has 0 N–H and O–H groups in total. The summed E-state index contributed by atoms with van der Waals surface area (Å²) in [6, 6.07) is 11.5. The fraction of sp³-hybridized carbons (Fsp3) is 0.250. The molecule has 4 heteroatoms. The summed E-state index contributed by atoms with van der Waals surface area (Å²) in [5.74, 6) is 0.00658. The van der Waals surface area contributed by atoms with Crippen molar-refractivity contribution in [1.82, 2.24) is 9.88 Å². The van der Waals surface area contributed by atoms with Gasteiger partial charge in [-0.25, -0.2) is 0 Å². The molecule has 0 bridgehead atoms. The van der Waals surface area contributed by atoms with Crippen LogP contribution in [0.3, 0.4) is 0 Å². The summed E-state index contributed by atoms with van der Waals surface area (Å²) >= 11 is 3.46. The highest BCUT2D eigenvalue weighted by molar-refractivity contribution is 9.10. The lowest BCUT2D eigenvalue weighted by atomic mass is 10.1. The van der Waals surface area contributed by atoms with Crippen LogP contribution < -0.4 is 0 Å². The van der Waals surface area contributed by atoms with E-state index < -0.39 is 0 Å². The third kappa shape index (κ3) is 3.25. The Morgan fingerprint density at radius 1 is 1.20 bits per heavy atom. The minimum Gasteiger partial charge on any atom is -0.336 e. The highest BCUT2D eigenvalue weighted by Crippen LogP contribution is 2.20. The van der Waals surface area contributed by atoms with Crippen molar-refractivity contribution in [2.75, 3.05) is 7.05 Å². The molecule has 3 nitrogen and oxygen atoms in total. The summed E-state index contributed by atoms with van der Waals surface area (Å²) < 4.78 is 0.949. The quantitative estimate of drug-likeness (QED) is 0.857. The van der Waals surface area contributed by atoms with Crippen molar-refractivity contribution in [3.05, 3.63) is 63.4 Å². The van der Waals surface area contributed by atoms with Crippen LogP contribution in [0, 0.1) is 13.8 Å². The second-order valence-electron chi connectivity index (χ2n) is 4.84. The summed E-state index contributed by atoms with van der Waals surface area (Å²) in [7, 11) is 1.80. The topological polar surface area (TPSA) is 33.2 Å². The molecule has 0 unspecified atom stereocenters. The standard InChI is InChI=1S/C16H17BrN2O/c1-11-6-4-7-13(18-11)10-19(3)16(20)14-8-5-9-15(17)12(14)2/h4-9H,10H2,1-3H3. The van der Waals surface area contributed by atoms with E-state index in [9.17, 15) is 4.79 Å². The Morgan fingerprint density at radius 2 is 1.90 bits per heavy atom. The number of halogens is 1. The molecule has 20 heavy (non-hydrogen) atoms. The van der Waals surface area contributed by atoms with E-state index in [2.05, 4.69) is 20.9 Å². The van der Waals surface area contributed by atoms with E-state index in [0.717, 1.165) is 27.0 Å². The van der Waals surface area contributed by atoms with Gasteiger partial charge in [0.1, 0.15) is 0 Å². The van der Waals surface area contributed by atoms with Crippen LogP contribution >= 0.6 is 15.9 Å². The monoisotopic (exact) mass is 332 g/mol. The van der Waals surface area contributed by atoms with Crippen LogP contribution in [0.4, 0.5) is 0 Å². The van der Waals surface area contributed by atoms with Gasteiger partial charge < -0.3 is 4.90 Å². The number of amides is 1. The number of aryl methyl sites for hydroxylation is 1. The van der Waals surface area contributed by atoms with E-state index in [1.807, 2.05) is 50.2 Å². The maximum absolute atomic E-state index is 12.5. The lowest BCUT2D eigenvalue weighted by Crippen LogP contribution is -2.27. The van der Waals surface area contributed by atoms with Gasteiger partial charge in [-0.3, -0.25) is 9.78 Å². The Labute approximate surface area is 127 Å². The lowest BCUT2D eigenvalue weighted by molar-refractivity contribution is 0.0782. The maximum Gasteiger partial charge on any atom is 0.254 e. The zero-order valence-electron chi connectivity index (χ0n) is 11.9. The Hall–Kier alpha value is -1.68. The van der Waals surface area contributed by atoms with Crippen molar-refractivity contribution in [3.63, 3.8) is 0 Å². The molecular weight excluding hydrogens is 316 g/mol. The number of rotatable bonds is 3. The maximum atomic E-state index is 12.5. The largest absolute Gasteiger partial charge is 0.336 e. The number of hydrogen-bond donors (Lipinski definition) is 0. The van der Waals surface area contributed by atoms with Crippen molar-refractivity contribution in [2.24, 2.45) is 0 Å². The molecule has 1 aromatic carbocycles. The van der Waals surface area contributed by atoms with Crippen LogP contribution in [0.25, 0.3) is 0 Å². The Morgan fingerprint density at radius 3 is 2.60 bits per heavy atom. The number of aromatic nitrogens is 1. The van der Waals surface area contributed by atoms with E-state index in [-0.39, 0.29) is 5.91 Å². The first-order valence-corrected chi connectivity index (χ1v) is 7.21. The number of carbonyl (C=O) groups excluding carboxylic acids is 1. The average Bonchev–Trinajstić information content (AvgIpc) is 2.41. The highest BCUT2D eigenvalue weighted by Gasteiger charge is 2.15. The van der Waals surface area contributed by atoms with Gasteiger partial charge in [0.15, 0.2) is 0 Å². The minimum atomic E-state index is 0.00658. The summed E-state index contributed by atoms with van der Waals surface area (Å²) in [6.07, 6.45) is 0. The summed E-state index contributed by atoms with van der Waals surface area (Å²) in [6.45, 7) is 4.40. The van der Waals surface area contributed by atoms with Crippen molar-refractivity contribution < 1.29 is 4.79 Å². The van der Waals surface area contributed by atoms with E-state index >= 15 is 0 Å². The van der Waals surface area contributed by atoms with E-state index in [4.69, 9.17) is 0 Å². The normalized spacial score (nSPS) is 10.4. The molecule has 0 spiro atoms. The first kappa shape index (κ1) is 14.7. The zero-order chi connectivity index (χ0) is 14.7. The third-order valence-electron chi connectivity index (χ3n) is 3.19. The number of nitrogens with zero attached hydrogens (tertiary/aromatic N) is 2. The van der Waals surface area contributed by atoms with Gasteiger partial charge in [0.2, 0.25) is 0 Å². The van der Waals surface area contributed by atoms with Crippen LogP contribution in [-0.4, -0.2) is 22.8 Å². The molecule has 0 fully saturated rings. The predicted octanol–water partition coefficient (Wildman–Crippen LogP) is 3.73. The summed E-state index contributed by atoms with van der Waals surface area (Å²) in [4.78, 5) is 18.6. The molecule has 104 valence electrons. The second kappa shape index (κ2) is 6.18. The zero-order valence-corrected chi connectivity index (χ0v) is 13.4. The van der Waals surface area contributed by atoms with Gasteiger partial charge in [0.05, 0.1) is 12.2 Å². The van der Waals surface area contributed by atoms with Crippen molar-refractivity contribution in [1.29, 1.82) is 0 Å². The molecule has 1 aromatic heterocycles. The fourth-order valence-electron chi connectivity index (χ4n) is 2.05. The van der Waals surface area contributed by atoms with Gasteiger partial charge in [-0.15, -0.1) is 0 Å².